The standard InChI is InChI=1S/C8H8N5OS/c1-15(14)7-4-2-3-6(11-7)12-8-9-5-10-13-8/h2-5H,1H3,(H,11,12,13). The van der Waals surface area contributed by atoms with Crippen molar-refractivity contribution < 1.29 is 4.55 Å². The molecule has 0 saturated carbocycles. The van der Waals surface area contributed by atoms with Gasteiger partial charge in [-0.15, -0.1) is 10.2 Å². The molecule has 0 aliphatic carbocycles. The smallest absolute Gasteiger partial charge is 0.249 e. The lowest BCUT2D eigenvalue weighted by atomic mass is 10.5. The van der Waals surface area contributed by atoms with Gasteiger partial charge in [-0.1, -0.05) is 6.07 Å². The first kappa shape index (κ1) is 9.94. The zero-order chi connectivity index (χ0) is 10.7. The van der Waals surface area contributed by atoms with E-state index in [4.69, 9.17) is 0 Å². The Hall–Kier alpha value is -1.60. The molecule has 1 atom stereocenters. The summed E-state index contributed by atoms with van der Waals surface area (Å²) < 4.78 is 11.2. The number of hydrogen-bond acceptors (Lipinski definition) is 5. The maximum atomic E-state index is 11.2. The Bertz CT molecular complexity index is 417. The van der Waals surface area contributed by atoms with Crippen molar-refractivity contribution in [3.63, 3.8) is 0 Å². The summed E-state index contributed by atoms with van der Waals surface area (Å²) in [6, 6.07) is 5.21. The lowest BCUT2D eigenvalue weighted by molar-refractivity contribution is 0.597. The summed E-state index contributed by atoms with van der Waals surface area (Å²) in [5.74, 6) is 0.928. The van der Waals surface area contributed by atoms with Crippen molar-refractivity contribution in [2.24, 2.45) is 10.2 Å². The fourth-order valence-corrected chi connectivity index (χ4v) is 1.50. The van der Waals surface area contributed by atoms with E-state index in [0.717, 1.165) is 0 Å². The van der Waals surface area contributed by atoms with Crippen LogP contribution in [-0.4, -0.2) is 28.1 Å². The maximum absolute atomic E-state index is 11.2. The van der Waals surface area contributed by atoms with Crippen LogP contribution in [0, 0.1) is 0 Å². The zero-order valence-corrected chi connectivity index (χ0v) is 8.73. The first-order valence-electron chi connectivity index (χ1n) is 4.13. The van der Waals surface area contributed by atoms with Gasteiger partial charge in [0.1, 0.15) is 18.4 Å². The first-order valence-corrected chi connectivity index (χ1v) is 5.69. The number of pyridine rings is 1. The molecular formula is C8H8N5OS. The van der Waals surface area contributed by atoms with Gasteiger partial charge in [0.15, 0.2) is 0 Å². The minimum atomic E-state index is -1.10. The van der Waals surface area contributed by atoms with E-state index in [0.29, 0.717) is 16.8 Å². The van der Waals surface area contributed by atoms with Gasteiger partial charge in [-0.05, 0) is 6.07 Å². The molecule has 6 nitrogen and oxygen atoms in total. The van der Waals surface area contributed by atoms with E-state index in [-0.39, 0.29) is 0 Å². The summed E-state index contributed by atoms with van der Waals surface area (Å²) in [5.41, 5.74) is 0. The van der Waals surface area contributed by atoms with Crippen molar-refractivity contribution in [2.45, 2.75) is 5.03 Å². The molecule has 15 heavy (non-hydrogen) atoms. The molecule has 1 aliphatic heterocycles. The highest BCUT2D eigenvalue weighted by molar-refractivity contribution is 7.90. The Kier molecular flexibility index (Phi) is 2.84. The average Bonchev–Trinajstić information content (AvgIpc) is 2.71. The molecule has 1 aromatic rings. The number of anilines is 1. The van der Waals surface area contributed by atoms with Gasteiger partial charge in [0, 0.05) is 17.2 Å². The number of nitrogens with zero attached hydrogens (tertiary/aromatic N) is 4. The SMILES string of the molecule is C[S+]([O-])c1cccc(NC2=NN=C[N]2)n1. The van der Waals surface area contributed by atoms with Gasteiger partial charge in [-0.3, -0.25) is 0 Å². The summed E-state index contributed by atoms with van der Waals surface area (Å²) in [6.07, 6.45) is 2.91. The lowest BCUT2D eigenvalue weighted by Crippen LogP contribution is -2.20. The van der Waals surface area contributed by atoms with E-state index in [1.54, 1.807) is 24.5 Å². The normalized spacial score (nSPS) is 15.7. The second kappa shape index (κ2) is 4.28. The molecule has 0 bridgehead atoms. The molecule has 0 saturated heterocycles. The molecule has 1 unspecified atom stereocenters. The predicted molar refractivity (Wildman–Crippen MR) is 58.3 cm³/mol. The van der Waals surface area contributed by atoms with E-state index in [1.165, 1.54) is 6.34 Å². The van der Waals surface area contributed by atoms with Crippen LogP contribution in [0.2, 0.25) is 0 Å². The number of guanidine groups is 1. The Balaban J connectivity index is 2.11. The summed E-state index contributed by atoms with van der Waals surface area (Å²) >= 11 is -1.10. The van der Waals surface area contributed by atoms with Gasteiger partial charge >= 0.3 is 0 Å². The van der Waals surface area contributed by atoms with Crippen molar-refractivity contribution in [3.05, 3.63) is 18.2 Å². The van der Waals surface area contributed by atoms with Crippen molar-refractivity contribution >= 4 is 29.3 Å². The molecule has 77 valence electrons. The number of nitrogens with one attached hydrogen (secondary N) is 1. The second-order valence-electron chi connectivity index (χ2n) is 2.72. The predicted octanol–water partition coefficient (Wildman–Crippen LogP) is 0.148. The van der Waals surface area contributed by atoms with Gasteiger partial charge in [0.25, 0.3) is 0 Å². The highest BCUT2D eigenvalue weighted by atomic mass is 32.2. The number of hydrogen-bond donors (Lipinski definition) is 1. The molecule has 0 amide bonds. The third kappa shape index (κ3) is 2.45. The van der Waals surface area contributed by atoms with Crippen molar-refractivity contribution in [3.8, 4) is 0 Å². The van der Waals surface area contributed by atoms with Crippen LogP contribution in [0.4, 0.5) is 5.82 Å². The molecule has 2 heterocycles. The quantitative estimate of drug-likeness (QED) is 0.722. The van der Waals surface area contributed by atoms with Gasteiger partial charge in [-0.25, -0.2) is 0 Å². The van der Waals surface area contributed by atoms with Crippen molar-refractivity contribution in [1.29, 1.82) is 0 Å². The zero-order valence-electron chi connectivity index (χ0n) is 7.91. The third-order valence-corrected chi connectivity index (χ3v) is 2.46. The summed E-state index contributed by atoms with van der Waals surface area (Å²) in [4.78, 5) is 4.13. The number of rotatable bonds is 2. The molecule has 0 spiro atoms. The van der Waals surface area contributed by atoms with Gasteiger partial charge < -0.3 is 9.87 Å². The fourth-order valence-electron chi connectivity index (χ4n) is 1.00. The van der Waals surface area contributed by atoms with E-state index in [2.05, 4.69) is 25.8 Å². The highest BCUT2D eigenvalue weighted by Crippen LogP contribution is 2.09. The van der Waals surface area contributed by atoms with E-state index in [1.807, 2.05) is 0 Å². The van der Waals surface area contributed by atoms with Crippen LogP contribution in [0.25, 0.3) is 0 Å². The van der Waals surface area contributed by atoms with Crippen LogP contribution in [0.5, 0.6) is 0 Å². The highest BCUT2D eigenvalue weighted by Gasteiger charge is 2.09. The molecule has 0 aromatic carbocycles. The molecule has 1 N–H and O–H groups in total. The Morgan fingerprint density at radius 2 is 2.27 bits per heavy atom. The van der Waals surface area contributed by atoms with Gasteiger partial charge in [0.2, 0.25) is 11.0 Å². The van der Waals surface area contributed by atoms with E-state index >= 15 is 0 Å². The molecule has 1 radical (unpaired) electrons. The van der Waals surface area contributed by atoms with E-state index in [9.17, 15) is 4.55 Å². The molecule has 2 rings (SSSR count). The summed E-state index contributed by atoms with van der Waals surface area (Å²) in [6.45, 7) is 0. The monoisotopic (exact) mass is 222 g/mol. The first-order chi connectivity index (χ1) is 7.25. The minimum absolute atomic E-state index is 0.376. The van der Waals surface area contributed by atoms with Crippen LogP contribution in [0.1, 0.15) is 0 Å². The van der Waals surface area contributed by atoms with Gasteiger partial charge in [-0.2, -0.15) is 10.3 Å². The summed E-state index contributed by atoms with van der Waals surface area (Å²) in [5, 5.41) is 14.5. The maximum Gasteiger partial charge on any atom is 0.249 e. The van der Waals surface area contributed by atoms with Crippen LogP contribution < -0.4 is 10.6 Å². The van der Waals surface area contributed by atoms with Crippen molar-refractivity contribution in [2.75, 3.05) is 11.6 Å². The Labute approximate surface area is 89.7 Å². The van der Waals surface area contributed by atoms with E-state index < -0.39 is 11.2 Å². The minimum Gasteiger partial charge on any atom is -0.610 e. The topological polar surface area (TPSA) is 86.8 Å². The second-order valence-corrected chi connectivity index (χ2v) is 4.05. The van der Waals surface area contributed by atoms with Crippen LogP contribution in [0.15, 0.2) is 33.4 Å². The summed E-state index contributed by atoms with van der Waals surface area (Å²) in [7, 11) is 0. The van der Waals surface area contributed by atoms with Gasteiger partial charge in [0.05, 0.1) is 0 Å². The third-order valence-electron chi connectivity index (χ3n) is 1.64. The molecule has 1 aromatic heterocycles. The lowest BCUT2D eigenvalue weighted by Gasteiger charge is -2.06. The Morgan fingerprint density at radius 1 is 1.40 bits per heavy atom. The van der Waals surface area contributed by atoms with Crippen LogP contribution in [-0.2, 0) is 11.2 Å². The average molecular weight is 222 g/mol. The molecule has 1 aliphatic rings. The largest absolute Gasteiger partial charge is 0.610 e. The molecule has 7 heteroatoms. The fraction of sp³-hybridized carbons (Fsp3) is 0.125. The molecule has 0 fully saturated rings. The van der Waals surface area contributed by atoms with Crippen LogP contribution >= 0.6 is 0 Å². The van der Waals surface area contributed by atoms with Crippen molar-refractivity contribution in [1.82, 2.24) is 10.3 Å². The van der Waals surface area contributed by atoms with Crippen LogP contribution in [0.3, 0.4) is 0 Å². The molecular weight excluding hydrogens is 214 g/mol. The number of aromatic nitrogens is 1. The Morgan fingerprint density at radius 3 is 2.93 bits per heavy atom.